The predicted molar refractivity (Wildman–Crippen MR) is 78.1 cm³/mol. The van der Waals surface area contributed by atoms with Crippen LogP contribution in [0.2, 0.25) is 0 Å². The normalized spacial score (nSPS) is 11.3. The molecule has 0 fully saturated rings. The Morgan fingerprint density at radius 3 is 2.71 bits per heavy atom. The van der Waals surface area contributed by atoms with Gasteiger partial charge < -0.3 is 9.73 Å². The maximum absolute atomic E-state index is 13.8. The quantitative estimate of drug-likeness (QED) is 0.822. The molecule has 5 heteroatoms. The highest BCUT2D eigenvalue weighted by Crippen LogP contribution is 2.26. The third-order valence-electron chi connectivity index (χ3n) is 3.19. The Kier molecular flexibility index (Phi) is 5.07. The summed E-state index contributed by atoms with van der Waals surface area (Å²) in [6, 6.07) is 2.76. The molecule has 21 heavy (non-hydrogen) atoms. The molecule has 1 aromatic carbocycles. The molecular formula is C16H20F2N2O. The number of hydrogen-bond acceptors (Lipinski definition) is 3. The Morgan fingerprint density at radius 1 is 1.24 bits per heavy atom. The van der Waals surface area contributed by atoms with E-state index in [4.69, 9.17) is 4.42 Å². The highest BCUT2D eigenvalue weighted by Gasteiger charge is 2.13. The first-order valence-corrected chi connectivity index (χ1v) is 7.11. The molecule has 0 aliphatic carbocycles. The average Bonchev–Trinajstić information content (AvgIpc) is 2.87. The second-order valence-electron chi connectivity index (χ2n) is 5.41. The van der Waals surface area contributed by atoms with Crippen molar-refractivity contribution in [3.8, 4) is 11.3 Å². The molecular weight excluding hydrogens is 274 g/mol. The lowest BCUT2D eigenvalue weighted by atomic mass is 10.1. The van der Waals surface area contributed by atoms with Crippen molar-refractivity contribution < 1.29 is 13.2 Å². The Hall–Kier alpha value is -1.75. The summed E-state index contributed by atoms with van der Waals surface area (Å²) >= 11 is 0. The van der Waals surface area contributed by atoms with Crippen LogP contribution in [0.15, 0.2) is 22.7 Å². The zero-order valence-electron chi connectivity index (χ0n) is 12.5. The number of aromatic nitrogens is 1. The van der Waals surface area contributed by atoms with Crippen molar-refractivity contribution >= 4 is 0 Å². The molecule has 2 aromatic rings. The van der Waals surface area contributed by atoms with Gasteiger partial charge in [0, 0.05) is 18.5 Å². The van der Waals surface area contributed by atoms with E-state index in [-0.39, 0.29) is 5.56 Å². The molecule has 0 aliphatic heterocycles. The number of rotatable bonds is 6. The van der Waals surface area contributed by atoms with Crippen LogP contribution in [0.5, 0.6) is 0 Å². The molecule has 1 heterocycles. The molecule has 1 aromatic heterocycles. The van der Waals surface area contributed by atoms with Crippen LogP contribution in [0.25, 0.3) is 11.3 Å². The first-order valence-electron chi connectivity index (χ1n) is 7.11. The number of nitrogens with zero attached hydrogens (tertiary/aromatic N) is 1. The molecule has 0 aliphatic rings. The summed E-state index contributed by atoms with van der Waals surface area (Å²) in [4.78, 5) is 4.15. The SMILES string of the molecule is Cc1cc(-c2cnc(CCCNC(C)C)o2)c(F)cc1F. The lowest BCUT2D eigenvalue weighted by Gasteiger charge is -2.06. The van der Waals surface area contributed by atoms with Crippen molar-refractivity contribution in [1.82, 2.24) is 10.3 Å². The topological polar surface area (TPSA) is 38.1 Å². The third kappa shape index (κ3) is 4.11. The maximum atomic E-state index is 13.8. The van der Waals surface area contributed by atoms with Gasteiger partial charge in [-0.2, -0.15) is 0 Å². The predicted octanol–water partition coefficient (Wildman–Crippen LogP) is 3.86. The van der Waals surface area contributed by atoms with Crippen LogP contribution in [-0.4, -0.2) is 17.6 Å². The smallest absolute Gasteiger partial charge is 0.194 e. The van der Waals surface area contributed by atoms with Crippen molar-refractivity contribution in [2.45, 2.75) is 39.7 Å². The van der Waals surface area contributed by atoms with Crippen LogP contribution in [0.1, 0.15) is 31.7 Å². The molecule has 0 bridgehead atoms. The first-order chi connectivity index (χ1) is 9.97. The van der Waals surface area contributed by atoms with E-state index in [0.29, 0.717) is 29.7 Å². The van der Waals surface area contributed by atoms with Gasteiger partial charge in [0.15, 0.2) is 11.7 Å². The van der Waals surface area contributed by atoms with E-state index in [1.165, 1.54) is 12.3 Å². The van der Waals surface area contributed by atoms with Crippen molar-refractivity contribution in [3.05, 3.63) is 41.4 Å². The van der Waals surface area contributed by atoms with Crippen LogP contribution in [0, 0.1) is 18.6 Å². The second kappa shape index (κ2) is 6.80. The van der Waals surface area contributed by atoms with Gasteiger partial charge in [-0.3, -0.25) is 0 Å². The number of aryl methyl sites for hydroxylation is 2. The lowest BCUT2D eigenvalue weighted by molar-refractivity contribution is 0.481. The summed E-state index contributed by atoms with van der Waals surface area (Å²) in [5.41, 5.74) is 0.624. The van der Waals surface area contributed by atoms with E-state index in [1.807, 2.05) is 0 Å². The highest BCUT2D eigenvalue weighted by molar-refractivity contribution is 5.58. The first kappa shape index (κ1) is 15.6. The Morgan fingerprint density at radius 2 is 2.00 bits per heavy atom. The molecule has 0 saturated heterocycles. The summed E-state index contributed by atoms with van der Waals surface area (Å²) < 4.78 is 32.6. The number of halogens is 2. The molecule has 2 rings (SSSR count). The molecule has 0 spiro atoms. The fourth-order valence-electron chi connectivity index (χ4n) is 2.03. The van der Waals surface area contributed by atoms with E-state index in [2.05, 4.69) is 24.1 Å². The zero-order valence-corrected chi connectivity index (χ0v) is 12.5. The number of oxazole rings is 1. The molecule has 0 unspecified atom stereocenters. The lowest BCUT2D eigenvalue weighted by Crippen LogP contribution is -2.23. The molecule has 0 radical (unpaired) electrons. The van der Waals surface area contributed by atoms with Gasteiger partial charge in [0.2, 0.25) is 0 Å². The summed E-state index contributed by atoms with van der Waals surface area (Å²) in [6.07, 6.45) is 3.06. The molecule has 1 N–H and O–H groups in total. The fourth-order valence-corrected chi connectivity index (χ4v) is 2.03. The molecule has 0 saturated carbocycles. The highest BCUT2D eigenvalue weighted by atomic mass is 19.1. The van der Waals surface area contributed by atoms with Gasteiger partial charge in [0.05, 0.1) is 11.8 Å². The van der Waals surface area contributed by atoms with Crippen molar-refractivity contribution in [3.63, 3.8) is 0 Å². The van der Waals surface area contributed by atoms with Crippen LogP contribution >= 0.6 is 0 Å². The van der Waals surface area contributed by atoms with E-state index < -0.39 is 11.6 Å². The van der Waals surface area contributed by atoms with E-state index in [9.17, 15) is 8.78 Å². The van der Waals surface area contributed by atoms with Crippen molar-refractivity contribution in [2.24, 2.45) is 0 Å². The summed E-state index contributed by atoms with van der Waals surface area (Å²) in [6.45, 7) is 6.64. The van der Waals surface area contributed by atoms with Crippen LogP contribution in [0.3, 0.4) is 0 Å². The minimum atomic E-state index is -0.637. The van der Waals surface area contributed by atoms with Gasteiger partial charge in [-0.1, -0.05) is 13.8 Å². The van der Waals surface area contributed by atoms with Gasteiger partial charge in [-0.05, 0) is 31.5 Å². The maximum Gasteiger partial charge on any atom is 0.194 e. The van der Waals surface area contributed by atoms with Gasteiger partial charge in [0.1, 0.15) is 11.6 Å². The average molecular weight is 294 g/mol. The second-order valence-corrected chi connectivity index (χ2v) is 5.41. The Labute approximate surface area is 123 Å². The van der Waals surface area contributed by atoms with Gasteiger partial charge >= 0.3 is 0 Å². The molecule has 0 atom stereocenters. The largest absolute Gasteiger partial charge is 0.441 e. The summed E-state index contributed by atoms with van der Waals surface area (Å²) in [7, 11) is 0. The molecule has 3 nitrogen and oxygen atoms in total. The summed E-state index contributed by atoms with van der Waals surface area (Å²) in [5, 5.41) is 3.31. The third-order valence-corrected chi connectivity index (χ3v) is 3.19. The van der Waals surface area contributed by atoms with Gasteiger partial charge in [-0.15, -0.1) is 0 Å². The van der Waals surface area contributed by atoms with Gasteiger partial charge in [-0.25, -0.2) is 13.8 Å². The van der Waals surface area contributed by atoms with Crippen LogP contribution in [-0.2, 0) is 6.42 Å². The minimum Gasteiger partial charge on any atom is -0.441 e. The van der Waals surface area contributed by atoms with Crippen molar-refractivity contribution in [2.75, 3.05) is 6.54 Å². The Bertz CT molecular complexity index is 608. The summed E-state index contributed by atoms with van der Waals surface area (Å²) in [5.74, 6) is -0.294. The van der Waals surface area contributed by atoms with Gasteiger partial charge in [0.25, 0.3) is 0 Å². The minimum absolute atomic E-state index is 0.243. The standard InChI is InChI=1S/C16H20F2N2O/c1-10(2)19-6-4-5-16-20-9-15(21-16)12-7-11(3)13(17)8-14(12)18/h7-10,19H,4-6H2,1-3H3. The molecule has 114 valence electrons. The number of nitrogens with one attached hydrogen (secondary N) is 1. The van der Waals surface area contributed by atoms with E-state index in [1.54, 1.807) is 6.92 Å². The fraction of sp³-hybridized carbons (Fsp3) is 0.438. The molecule has 0 amide bonds. The van der Waals surface area contributed by atoms with E-state index in [0.717, 1.165) is 19.0 Å². The number of benzene rings is 1. The van der Waals surface area contributed by atoms with Crippen LogP contribution < -0.4 is 5.32 Å². The van der Waals surface area contributed by atoms with E-state index >= 15 is 0 Å². The van der Waals surface area contributed by atoms with Crippen molar-refractivity contribution in [1.29, 1.82) is 0 Å². The monoisotopic (exact) mass is 294 g/mol. The zero-order chi connectivity index (χ0) is 15.4. The Balaban J connectivity index is 2.04. The van der Waals surface area contributed by atoms with Crippen LogP contribution in [0.4, 0.5) is 8.78 Å². The number of hydrogen-bond donors (Lipinski definition) is 1.